The number of aromatic nitrogens is 1. The van der Waals surface area contributed by atoms with Gasteiger partial charge in [0, 0.05) is 41.3 Å². The summed E-state index contributed by atoms with van der Waals surface area (Å²) in [5, 5.41) is 13.2. The second-order valence-corrected chi connectivity index (χ2v) is 9.54. The fourth-order valence-electron chi connectivity index (χ4n) is 4.60. The number of esters is 1. The van der Waals surface area contributed by atoms with E-state index in [1.807, 2.05) is 67.4 Å². The van der Waals surface area contributed by atoms with Crippen LogP contribution in [0.15, 0.2) is 54.6 Å². The lowest BCUT2D eigenvalue weighted by Crippen LogP contribution is -2.30. The molecule has 2 heterocycles. The van der Waals surface area contributed by atoms with E-state index in [4.69, 9.17) is 16.3 Å². The third-order valence-electron chi connectivity index (χ3n) is 6.42. The number of hydrogen-bond donors (Lipinski definition) is 2. The molecule has 1 aromatic heterocycles. The van der Waals surface area contributed by atoms with Gasteiger partial charge in [0.2, 0.25) is 0 Å². The number of ether oxygens (including phenoxy) is 2. The highest BCUT2D eigenvalue weighted by atomic mass is 35.5. The molecule has 0 fully saturated rings. The zero-order chi connectivity index (χ0) is 27.2. The number of likely N-dealkylation sites (N-methyl/N-ethyl adjacent to an activating group) is 1. The van der Waals surface area contributed by atoms with Crippen LogP contribution in [0.5, 0.6) is 11.5 Å². The minimum absolute atomic E-state index is 0.137. The highest BCUT2D eigenvalue weighted by Crippen LogP contribution is 2.40. The molecular formula is C29H32ClN3O5. The Kier molecular flexibility index (Phi) is 8.76. The van der Waals surface area contributed by atoms with Crippen LogP contribution in [0.1, 0.15) is 23.0 Å². The highest BCUT2D eigenvalue weighted by Gasteiger charge is 2.29. The van der Waals surface area contributed by atoms with Gasteiger partial charge in [-0.1, -0.05) is 31.2 Å². The monoisotopic (exact) mass is 537 g/mol. The zero-order valence-corrected chi connectivity index (χ0v) is 22.5. The van der Waals surface area contributed by atoms with Crippen LogP contribution in [0.2, 0.25) is 0 Å². The van der Waals surface area contributed by atoms with Gasteiger partial charge in [-0.15, -0.1) is 11.6 Å². The Labute approximate surface area is 226 Å². The number of rotatable bonds is 7. The van der Waals surface area contributed by atoms with Gasteiger partial charge >= 0.3 is 5.97 Å². The smallest absolute Gasteiger partial charge is 0.319 e. The van der Waals surface area contributed by atoms with Gasteiger partial charge in [0.15, 0.2) is 0 Å². The molecule has 0 spiro atoms. The molecule has 8 nitrogen and oxygen atoms in total. The number of aromatic amines is 1. The Bertz CT molecular complexity index is 1450. The lowest BCUT2D eigenvalue weighted by atomic mass is 10.0. The normalized spacial score (nSPS) is 12.4. The first-order valence-electron chi connectivity index (χ1n) is 12.5. The van der Waals surface area contributed by atoms with E-state index in [0.717, 1.165) is 45.2 Å². The van der Waals surface area contributed by atoms with E-state index in [1.54, 1.807) is 11.0 Å². The van der Waals surface area contributed by atoms with Gasteiger partial charge in [0.1, 0.15) is 23.8 Å². The molecule has 2 N–H and O–H groups in total. The van der Waals surface area contributed by atoms with Crippen molar-refractivity contribution in [2.75, 3.05) is 51.2 Å². The number of alkyl halides is 1. The third-order valence-corrected chi connectivity index (χ3v) is 6.42. The van der Waals surface area contributed by atoms with E-state index in [2.05, 4.69) is 9.72 Å². The van der Waals surface area contributed by atoms with E-state index in [1.165, 1.54) is 7.11 Å². The van der Waals surface area contributed by atoms with E-state index in [0.29, 0.717) is 31.1 Å². The maximum atomic E-state index is 13.4. The number of hydrogen-bond acceptors (Lipinski definition) is 6. The number of aromatic hydroxyl groups is 1. The quantitative estimate of drug-likeness (QED) is 0.256. The third kappa shape index (κ3) is 5.87. The van der Waals surface area contributed by atoms with Crippen molar-refractivity contribution < 1.29 is 24.2 Å². The van der Waals surface area contributed by atoms with Crippen molar-refractivity contribution in [2.45, 2.75) is 13.3 Å². The molecular weight excluding hydrogens is 506 g/mol. The van der Waals surface area contributed by atoms with Crippen molar-refractivity contribution in [3.63, 3.8) is 0 Å². The molecule has 0 saturated heterocycles. The number of amides is 1. The first-order valence-corrected chi connectivity index (χ1v) is 13.0. The van der Waals surface area contributed by atoms with Crippen LogP contribution in [0.25, 0.3) is 21.7 Å². The van der Waals surface area contributed by atoms with Crippen LogP contribution in [-0.4, -0.2) is 73.1 Å². The molecule has 4 aromatic rings. The molecule has 38 heavy (non-hydrogen) atoms. The second kappa shape index (κ2) is 12.2. The van der Waals surface area contributed by atoms with Gasteiger partial charge in [-0.25, -0.2) is 0 Å². The lowest BCUT2D eigenvalue weighted by Gasteiger charge is -2.17. The summed E-state index contributed by atoms with van der Waals surface area (Å²) in [6.07, 6.45) is 0.741. The van der Waals surface area contributed by atoms with Gasteiger partial charge in [-0.05, 0) is 48.7 Å². The number of nitrogens with zero attached hydrogens (tertiary/aromatic N) is 2. The Balaban J connectivity index is 0.00000107. The number of phenols is 1. The summed E-state index contributed by atoms with van der Waals surface area (Å²) in [6, 6.07) is 16.9. The Morgan fingerprint density at radius 3 is 2.61 bits per heavy atom. The van der Waals surface area contributed by atoms with Crippen LogP contribution < -0.4 is 9.64 Å². The summed E-state index contributed by atoms with van der Waals surface area (Å²) < 4.78 is 10.5. The molecule has 0 atom stereocenters. The molecule has 1 aliphatic rings. The van der Waals surface area contributed by atoms with Gasteiger partial charge in [-0.3, -0.25) is 14.5 Å². The average molecular weight is 538 g/mol. The molecule has 9 heteroatoms. The molecule has 1 aliphatic heterocycles. The maximum absolute atomic E-state index is 13.4. The summed E-state index contributed by atoms with van der Waals surface area (Å²) >= 11 is 5.00. The summed E-state index contributed by atoms with van der Waals surface area (Å²) in [4.78, 5) is 31.5. The van der Waals surface area contributed by atoms with Crippen molar-refractivity contribution in [1.82, 2.24) is 9.88 Å². The SMILES string of the molecule is CCCl.COC(=O)CN(C)CCOc1ccc2[nH]c(C(=O)N3CCc4c3cc(O)c3ccccc43)cc2c1. The predicted molar refractivity (Wildman–Crippen MR) is 151 cm³/mol. The summed E-state index contributed by atoms with van der Waals surface area (Å²) in [5.74, 6) is 1.16. The zero-order valence-electron chi connectivity index (χ0n) is 21.8. The van der Waals surface area contributed by atoms with Crippen LogP contribution in [0.4, 0.5) is 5.69 Å². The number of phenolic OH excluding ortho intramolecular Hbond substituents is 1. The number of benzene rings is 3. The van der Waals surface area contributed by atoms with E-state index >= 15 is 0 Å². The molecule has 200 valence electrons. The number of fused-ring (bicyclic) bond motifs is 4. The van der Waals surface area contributed by atoms with Crippen molar-refractivity contribution in [1.29, 1.82) is 0 Å². The minimum Gasteiger partial charge on any atom is -0.507 e. The topological polar surface area (TPSA) is 95.1 Å². The minimum atomic E-state index is -0.289. The predicted octanol–water partition coefficient (Wildman–Crippen LogP) is 4.96. The van der Waals surface area contributed by atoms with Crippen LogP contribution >= 0.6 is 11.6 Å². The van der Waals surface area contributed by atoms with E-state index in [9.17, 15) is 14.7 Å². The van der Waals surface area contributed by atoms with Crippen LogP contribution in [-0.2, 0) is 16.0 Å². The van der Waals surface area contributed by atoms with Gasteiger partial charge in [-0.2, -0.15) is 0 Å². The fraction of sp³-hybridized carbons (Fsp3) is 0.310. The van der Waals surface area contributed by atoms with Crippen molar-refractivity contribution >= 4 is 50.8 Å². The largest absolute Gasteiger partial charge is 0.507 e. The Morgan fingerprint density at radius 1 is 1.13 bits per heavy atom. The highest BCUT2D eigenvalue weighted by molar-refractivity contribution is 6.17. The molecule has 0 saturated carbocycles. The van der Waals surface area contributed by atoms with Gasteiger partial charge in [0.05, 0.1) is 19.3 Å². The molecule has 0 aliphatic carbocycles. The molecule has 3 aromatic carbocycles. The summed E-state index contributed by atoms with van der Waals surface area (Å²) in [5.41, 5.74) is 3.15. The van der Waals surface area contributed by atoms with E-state index < -0.39 is 0 Å². The van der Waals surface area contributed by atoms with Gasteiger partial charge < -0.3 is 24.5 Å². The molecule has 0 bridgehead atoms. The van der Waals surface area contributed by atoms with Crippen LogP contribution in [0, 0.1) is 0 Å². The first kappa shape index (κ1) is 27.3. The molecule has 0 unspecified atom stereocenters. The van der Waals surface area contributed by atoms with Gasteiger partial charge in [0.25, 0.3) is 5.91 Å². The molecule has 1 amide bonds. The molecule has 5 rings (SSSR count). The van der Waals surface area contributed by atoms with Crippen LogP contribution in [0.3, 0.4) is 0 Å². The fourth-order valence-corrected chi connectivity index (χ4v) is 4.60. The van der Waals surface area contributed by atoms with Crippen molar-refractivity contribution in [3.05, 3.63) is 65.9 Å². The number of halogens is 1. The number of methoxy groups -OCH3 is 1. The second-order valence-electron chi connectivity index (χ2n) is 9.01. The van der Waals surface area contributed by atoms with Crippen molar-refractivity contribution in [3.8, 4) is 11.5 Å². The summed E-state index contributed by atoms with van der Waals surface area (Å²) in [6.45, 7) is 3.64. The Morgan fingerprint density at radius 2 is 1.87 bits per heavy atom. The number of anilines is 1. The lowest BCUT2D eigenvalue weighted by molar-refractivity contribution is -0.141. The Hall–Kier alpha value is -3.75. The average Bonchev–Trinajstić information content (AvgIpc) is 3.53. The molecule has 0 radical (unpaired) electrons. The van der Waals surface area contributed by atoms with Crippen molar-refractivity contribution in [2.24, 2.45) is 0 Å². The first-order chi connectivity index (χ1) is 18.4. The van der Waals surface area contributed by atoms with E-state index in [-0.39, 0.29) is 24.2 Å². The maximum Gasteiger partial charge on any atom is 0.319 e. The standard InChI is InChI=1S/C27H27N3O5.C2H5Cl/c1-29(16-26(32)34-2)11-12-35-18-7-8-22-17(13-18)14-23(28-22)27(33)30-10-9-20-19-5-3-4-6-21(19)25(31)15-24(20)30;1-2-3/h3-8,13-15,28,31H,9-12,16H2,1-2H3;2H2,1H3. The number of H-pyrrole nitrogens is 1. The number of carbonyl (C=O) groups excluding carboxylic acids is 2. The number of carbonyl (C=O) groups is 2. The number of nitrogens with one attached hydrogen (secondary N) is 1. The summed E-state index contributed by atoms with van der Waals surface area (Å²) in [7, 11) is 3.19.